The molecule has 0 aromatic rings. The fourth-order valence-electron chi connectivity index (χ4n) is 1.36. The molecular formula is C9H18N2O2. The average molecular weight is 186 g/mol. The van der Waals surface area contributed by atoms with E-state index in [1.165, 1.54) is 0 Å². The standard InChI is InChI=1S/C9H18N2O2/c1-2-7-13-9(12)11-5-3-8(10)4-6-11/h8H,2-7,10H2,1H3. The Morgan fingerprint density at radius 1 is 1.54 bits per heavy atom. The third-order valence-corrected chi connectivity index (χ3v) is 2.23. The topological polar surface area (TPSA) is 55.6 Å². The molecule has 76 valence electrons. The van der Waals surface area contributed by atoms with Crippen LogP contribution in [-0.2, 0) is 4.74 Å². The lowest BCUT2D eigenvalue weighted by atomic mass is 10.1. The van der Waals surface area contributed by atoms with Crippen LogP contribution in [0.4, 0.5) is 4.79 Å². The summed E-state index contributed by atoms with van der Waals surface area (Å²) in [6.45, 7) is 3.98. The minimum atomic E-state index is -0.186. The van der Waals surface area contributed by atoms with Crippen molar-refractivity contribution in [2.75, 3.05) is 19.7 Å². The molecule has 4 heteroatoms. The molecule has 0 spiro atoms. The first-order chi connectivity index (χ1) is 6.24. The summed E-state index contributed by atoms with van der Waals surface area (Å²) in [7, 11) is 0. The zero-order valence-corrected chi connectivity index (χ0v) is 8.16. The van der Waals surface area contributed by atoms with Crippen molar-refractivity contribution in [3.05, 3.63) is 0 Å². The van der Waals surface area contributed by atoms with Gasteiger partial charge in [0.1, 0.15) is 0 Å². The van der Waals surface area contributed by atoms with Gasteiger partial charge in [-0.2, -0.15) is 0 Å². The molecule has 0 aromatic heterocycles. The van der Waals surface area contributed by atoms with Crippen LogP contribution in [0, 0.1) is 0 Å². The van der Waals surface area contributed by atoms with Gasteiger partial charge in [-0.25, -0.2) is 4.79 Å². The fraction of sp³-hybridized carbons (Fsp3) is 0.889. The van der Waals surface area contributed by atoms with Crippen molar-refractivity contribution in [2.24, 2.45) is 5.73 Å². The number of piperidine rings is 1. The zero-order chi connectivity index (χ0) is 9.68. The van der Waals surface area contributed by atoms with Crippen LogP contribution in [0.2, 0.25) is 0 Å². The van der Waals surface area contributed by atoms with Crippen LogP contribution in [0.5, 0.6) is 0 Å². The van der Waals surface area contributed by atoms with Gasteiger partial charge in [0.2, 0.25) is 0 Å². The Labute approximate surface area is 79.0 Å². The van der Waals surface area contributed by atoms with Crippen molar-refractivity contribution in [3.63, 3.8) is 0 Å². The van der Waals surface area contributed by atoms with Gasteiger partial charge in [-0.05, 0) is 19.3 Å². The van der Waals surface area contributed by atoms with Crippen LogP contribution in [0.3, 0.4) is 0 Å². The molecule has 0 radical (unpaired) electrons. The molecule has 0 aliphatic carbocycles. The van der Waals surface area contributed by atoms with Crippen molar-refractivity contribution in [1.82, 2.24) is 4.90 Å². The molecule has 4 nitrogen and oxygen atoms in total. The third kappa shape index (κ3) is 3.22. The van der Waals surface area contributed by atoms with Gasteiger partial charge in [-0.1, -0.05) is 6.92 Å². The van der Waals surface area contributed by atoms with Crippen molar-refractivity contribution < 1.29 is 9.53 Å². The quantitative estimate of drug-likeness (QED) is 0.698. The first-order valence-corrected chi connectivity index (χ1v) is 4.91. The van der Waals surface area contributed by atoms with Gasteiger partial charge in [-0.15, -0.1) is 0 Å². The SMILES string of the molecule is CCCOC(=O)N1CCC(N)CC1. The Bertz CT molecular complexity index is 165. The minimum absolute atomic E-state index is 0.186. The van der Waals surface area contributed by atoms with Gasteiger partial charge in [0.15, 0.2) is 0 Å². The van der Waals surface area contributed by atoms with Gasteiger partial charge in [0.05, 0.1) is 6.61 Å². The van der Waals surface area contributed by atoms with E-state index in [2.05, 4.69) is 0 Å². The summed E-state index contributed by atoms with van der Waals surface area (Å²) in [5, 5.41) is 0. The van der Waals surface area contributed by atoms with Crippen molar-refractivity contribution in [2.45, 2.75) is 32.2 Å². The molecule has 1 fully saturated rings. The molecule has 13 heavy (non-hydrogen) atoms. The lowest BCUT2D eigenvalue weighted by Crippen LogP contribution is -2.43. The van der Waals surface area contributed by atoms with Crippen LogP contribution in [0.15, 0.2) is 0 Å². The molecule has 0 saturated carbocycles. The van der Waals surface area contributed by atoms with E-state index in [4.69, 9.17) is 10.5 Å². The number of nitrogens with two attached hydrogens (primary N) is 1. The highest BCUT2D eigenvalue weighted by atomic mass is 16.6. The predicted octanol–water partition coefficient (Wildman–Crippen LogP) is 0.956. The van der Waals surface area contributed by atoms with Crippen LogP contribution < -0.4 is 5.73 Å². The fourth-order valence-corrected chi connectivity index (χ4v) is 1.36. The second-order valence-corrected chi connectivity index (χ2v) is 3.44. The van der Waals surface area contributed by atoms with Gasteiger partial charge in [0, 0.05) is 19.1 Å². The summed E-state index contributed by atoms with van der Waals surface area (Å²) in [5.41, 5.74) is 5.72. The second kappa shape index (κ2) is 5.07. The van der Waals surface area contributed by atoms with E-state index >= 15 is 0 Å². The highest BCUT2D eigenvalue weighted by Gasteiger charge is 2.20. The number of amides is 1. The number of nitrogens with zero attached hydrogens (tertiary/aromatic N) is 1. The molecule has 0 bridgehead atoms. The van der Waals surface area contributed by atoms with Gasteiger partial charge in [-0.3, -0.25) is 0 Å². The first kappa shape index (κ1) is 10.3. The normalized spacial score (nSPS) is 18.8. The predicted molar refractivity (Wildman–Crippen MR) is 50.4 cm³/mol. The molecule has 1 saturated heterocycles. The van der Waals surface area contributed by atoms with Crippen molar-refractivity contribution in [3.8, 4) is 0 Å². The summed E-state index contributed by atoms with van der Waals surface area (Å²) in [4.78, 5) is 13.1. The molecular weight excluding hydrogens is 168 g/mol. The smallest absolute Gasteiger partial charge is 0.409 e. The van der Waals surface area contributed by atoms with E-state index in [0.29, 0.717) is 6.61 Å². The number of rotatable bonds is 2. The molecule has 1 aliphatic heterocycles. The monoisotopic (exact) mass is 186 g/mol. The molecule has 2 N–H and O–H groups in total. The summed E-state index contributed by atoms with van der Waals surface area (Å²) < 4.78 is 5.01. The first-order valence-electron chi connectivity index (χ1n) is 4.91. The van der Waals surface area contributed by atoms with Crippen LogP contribution in [0.25, 0.3) is 0 Å². The highest BCUT2D eigenvalue weighted by Crippen LogP contribution is 2.09. The minimum Gasteiger partial charge on any atom is -0.449 e. The Hall–Kier alpha value is -0.770. The average Bonchev–Trinajstić information content (AvgIpc) is 2.15. The number of likely N-dealkylation sites (tertiary alicyclic amines) is 1. The van der Waals surface area contributed by atoms with Crippen molar-refractivity contribution in [1.29, 1.82) is 0 Å². The summed E-state index contributed by atoms with van der Waals surface area (Å²) in [6, 6.07) is 0.259. The molecule has 0 unspecified atom stereocenters. The van der Waals surface area contributed by atoms with Gasteiger partial charge in [0.25, 0.3) is 0 Å². The lowest BCUT2D eigenvalue weighted by molar-refractivity contribution is 0.0931. The van der Waals surface area contributed by atoms with E-state index < -0.39 is 0 Å². The molecule has 1 aliphatic rings. The summed E-state index contributed by atoms with van der Waals surface area (Å²) >= 11 is 0. The Balaban J connectivity index is 2.23. The largest absolute Gasteiger partial charge is 0.449 e. The molecule has 0 aromatic carbocycles. The number of carbonyl (C=O) groups is 1. The number of hydrogen-bond acceptors (Lipinski definition) is 3. The van der Waals surface area contributed by atoms with E-state index in [9.17, 15) is 4.79 Å². The molecule has 1 rings (SSSR count). The van der Waals surface area contributed by atoms with Crippen LogP contribution >= 0.6 is 0 Å². The Kier molecular flexibility index (Phi) is 4.02. The third-order valence-electron chi connectivity index (χ3n) is 2.23. The lowest BCUT2D eigenvalue weighted by Gasteiger charge is -2.29. The Morgan fingerprint density at radius 2 is 2.15 bits per heavy atom. The van der Waals surface area contributed by atoms with Gasteiger partial charge >= 0.3 is 6.09 Å². The molecule has 1 heterocycles. The van der Waals surface area contributed by atoms with Crippen LogP contribution in [0.1, 0.15) is 26.2 Å². The van der Waals surface area contributed by atoms with E-state index in [-0.39, 0.29) is 12.1 Å². The number of ether oxygens (including phenoxy) is 1. The maximum absolute atomic E-state index is 11.3. The van der Waals surface area contributed by atoms with Crippen molar-refractivity contribution >= 4 is 6.09 Å². The maximum Gasteiger partial charge on any atom is 0.409 e. The second-order valence-electron chi connectivity index (χ2n) is 3.44. The number of hydrogen-bond donors (Lipinski definition) is 1. The zero-order valence-electron chi connectivity index (χ0n) is 8.16. The van der Waals surface area contributed by atoms with E-state index in [0.717, 1.165) is 32.4 Å². The molecule has 1 amide bonds. The van der Waals surface area contributed by atoms with E-state index in [1.54, 1.807) is 4.90 Å². The maximum atomic E-state index is 11.3. The Morgan fingerprint density at radius 3 is 2.69 bits per heavy atom. The van der Waals surface area contributed by atoms with E-state index in [1.807, 2.05) is 6.92 Å². The number of carbonyl (C=O) groups excluding carboxylic acids is 1. The van der Waals surface area contributed by atoms with Gasteiger partial charge < -0.3 is 15.4 Å². The summed E-state index contributed by atoms with van der Waals surface area (Å²) in [6.07, 6.45) is 2.47. The van der Waals surface area contributed by atoms with Crippen LogP contribution in [-0.4, -0.2) is 36.7 Å². The summed E-state index contributed by atoms with van der Waals surface area (Å²) in [5.74, 6) is 0. The molecule has 0 atom stereocenters. The highest BCUT2D eigenvalue weighted by molar-refractivity contribution is 5.67.